The predicted molar refractivity (Wildman–Crippen MR) is 112 cm³/mol. The second-order valence-corrected chi connectivity index (χ2v) is 6.80. The van der Waals surface area contributed by atoms with Crippen molar-refractivity contribution < 1.29 is 14.0 Å². The van der Waals surface area contributed by atoms with E-state index in [0.717, 1.165) is 31.2 Å². The number of rotatable bonds is 5. The third-order valence-corrected chi connectivity index (χ3v) is 4.70. The van der Waals surface area contributed by atoms with Crippen LogP contribution in [0.3, 0.4) is 0 Å². The first kappa shape index (κ1) is 20.4. The first-order chi connectivity index (χ1) is 14.1. The van der Waals surface area contributed by atoms with Gasteiger partial charge >= 0.3 is 0 Å². The van der Waals surface area contributed by atoms with Crippen LogP contribution in [-0.4, -0.2) is 60.3 Å². The molecule has 154 valence electrons. The minimum Gasteiger partial charge on any atom is -0.459 e. The van der Waals surface area contributed by atoms with Gasteiger partial charge in [0.1, 0.15) is 0 Å². The molecule has 0 atom stereocenters. The van der Waals surface area contributed by atoms with Gasteiger partial charge in [-0.05, 0) is 36.8 Å². The number of hydrogen-bond acceptors (Lipinski definition) is 4. The SMILES string of the molecule is CCNC(=NCc1cccc(NC(=O)c2ccco2)c1)N1CCN(C(C)=O)CC1. The van der Waals surface area contributed by atoms with E-state index in [0.29, 0.717) is 25.3 Å². The van der Waals surface area contributed by atoms with Crippen LogP contribution >= 0.6 is 0 Å². The number of carbonyl (C=O) groups is 2. The quantitative estimate of drug-likeness (QED) is 0.596. The summed E-state index contributed by atoms with van der Waals surface area (Å²) in [5, 5.41) is 6.15. The fraction of sp³-hybridized carbons (Fsp3) is 0.381. The van der Waals surface area contributed by atoms with Gasteiger partial charge in [0.05, 0.1) is 12.8 Å². The van der Waals surface area contributed by atoms with Gasteiger partial charge < -0.3 is 24.9 Å². The van der Waals surface area contributed by atoms with E-state index in [-0.39, 0.29) is 17.6 Å². The van der Waals surface area contributed by atoms with Crippen molar-refractivity contribution in [3.8, 4) is 0 Å². The number of furan rings is 1. The second kappa shape index (κ2) is 9.77. The summed E-state index contributed by atoms with van der Waals surface area (Å²) in [4.78, 5) is 32.4. The average Bonchev–Trinajstić information content (AvgIpc) is 3.26. The maximum atomic E-state index is 12.1. The molecule has 0 bridgehead atoms. The summed E-state index contributed by atoms with van der Waals surface area (Å²) < 4.78 is 5.12. The molecule has 1 aromatic carbocycles. The maximum Gasteiger partial charge on any atom is 0.291 e. The zero-order valence-corrected chi connectivity index (χ0v) is 16.9. The molecular formula is C21H27N5O3. The number of carbonyl (C=O) groups excluding carboxylic acids is 2. The monoisotopic (exact) mass is 397 g/mol. The molecule has 0 radical (unpaired) electrons. The summed E-state index contributed by atoms with van der Waals surface area (Å²) in [6.45, 7) is 7.81. The van der Waals surface area contributed by atoms with Gasteiger partial charge in [0.2, 0.25) is 5.91 Å². The lowest BCUT2D eigenvalue weighted by Crippen LogP contribution is -2.53. The Morgan fingerprint density at radius 3 is 2.52 bits per heavy atom. The molecule has 3 rings (SSSR count). The minimum absolute atomic E-state index is 0.111. The maximum absolute atomic E-state index is 12.1. The Balaban J connectivity index is 1.63. The molecule has 0 saturated carbocycles. The van der Waals surface area contributed by atoms with E-state index in [4.69, 9.17) is 9.41 Å². The Morgan fingerprint density at radius 2 is 1.86 bits per heavy atom. The topological polar surface area (TPSA) is 90.2 Å². The van der Waals surface area contributed by atoms with Crippen molar-refractivity contribution in [2.45, 2.75) is 20.4 Å². The zero-order valence-electron chi connectivity index (χ0n) is 16.9. The highest BCUT2D eigenvalue weighted by molar-refractivity contribution is 6.02. The van der Waals surface area contributed by atoms with Crippen molar-refractivity contribution >= 4 is 23.5 Å². The highest BCUT2D eigenvalue weighted by Gasteiger charge is 2.20. The highest BCUT2D eigenvalue weighted by Crippen LogP contribution is 2.14. The average molecular weight is 397 g/mol. The van der Waals surface area contributed by atoms with Crippen molar-refractivity contribution in [2.75, 3.05) is 38.0 Å². The molecule has 0 spiro atoms. The van der Waals surface area contributed by atoms with Gasteiger partial charge in [-0.15, -0.1) is 0 Å². The van der Waals surface area contributed by atoms with Crippen LogP contribution in [0.4, 0.5) is 5.69 Å². The van der Waals surface area contributed by atoms with E-state index in [1.54, 1.807) is 19.1 Å². The summed E-state index contributed by atoms with van der Waals surface area (Å²) in [6, 6.07) is 10.9. The number of anilines is 1. The smallest absolute Gasteiger partial charge is 0.291 e. The lowest BCUT2D eigenvalue weighted by atomic mass is 10.2. The molecule has 1 aromatic heterocycles. The first-order valence-electron chi connectivity index (χ1n) is 9.79. The normalized spacial score (nSPS) is 14.6. The van der Waals surface area contributed by atoms with Crippen molar-refractivity contribution in [1.82, 2.24) is 15.1 Å². The van der Waals surface area contributed by atoms with Gasteiger partial charge in [-0.3, -0.25) is 9.59 Å². The van der Waals surface area contributed by atoms with Crippen LogP contribution in [0.25, 0.3) is 0 Å². The summed E-state index contributed by atoms with van der Waals surface area (Å²) in [5.74, 6) is 0.931. The lowest BCUT2D eigenvalue weighted by molar-refractivity contribution is -0.130. The molecule has 0 aliphatic carbocycles. The fourth-order valence-electron chi connectivity index (χ4n) is 3.17. The number of nitrogens with one attached hydrogen (secondary N) is 2. The van der Waals surface area contributed by atoms with Crippen LogP contribution < -0.4 is 10.6 Å². The number of amides is 2. The van der Waals surface area contributed by atoms with E-state index in [1.165, 1.54) is 6.26 Å². The Bertz CT molecular complexity index is 855. The molecule has 2 N–H and O–H groups in total. The molecule has 2 heterocycles. The lowest BCUT2D eigenvalue weighted by Gasteiger charge is -2.36. The van der Waals surface area contributed by atoms with Gasteiger partial charge in [0, 0.05) is 45.3 Å². The summed E-state index contributed by atoms with van der Waals surface area (Å²) >= 11 is 0. The van der Waals surface area contributed by atoms with Crippen molar-refractivity contribution in [3.05, 3.63) is 54.0 Å². The van der Waals surface area contributed by atoms with Crippen molar-refractivity contribution in [2.24, 2.45) is 4.99 Å². The molecule has 8 heteroatoms. The Kier molecular flexibility index (Phi) is 6.89. The summed E-state index contributed by atoms with van der Waals surface area (Å²) in [6.07, 6.45) is 1.47. The van der Waals surface area contributed by atoms with E-state index < -0.39 is 0 Å². The third-order valence-electron chi connectivity index (χ3n) is 4.70. The minimum atomic E-state index is -0.285. The van der Waals surface area contributed by atoms with E-state index in [1.807, 2.05) is 36.1 Å². The van der Waals surface area contributed by atoms with Gasteiger partial charge in [-0.2, -0.15) is 0 Å². The molecule has 29 heavy (non-hydrogen) atoms. The fourth-order valence-corrected chi connectivity index (χ4v) is 3.17. The molecule has 1 saturated heterocycles. The van der Waals surface area contributed by atoms with Gasteiger partial charge in [0.25, 0.3) is 5.91 Å². The number of benzene rings is 1. The molecule has 0 unspecified atom stereocenters. The Hall–Kier alpha value is -3.29. The number of nitrogens with zero attached hydrogens (tertiary/aromatic N) is 3. The number of hydrogen-bond donors (Lipinski definition) is 2. The van der Waals surface area contributed by atoms with E-state index in [2.05, 4.69) is 15.5 Å². The zero-order chi connectivity index (χ0) is 20.6. The van der Waals surface area contributed by atoms with Crippen LogP contribution in [0.5, 0.6) is 0 Å². The highest BCUT2D eigenvalue weighted by atomic mass is 16.3. The van der Waals surface area contributed by atoms with Crippen LogP contribution in [0.1, 0.15) is 30.0 Å². The van der Waals surface area contributed by atoms with Crippen LogP contribution in [0.2, 0.25) is 0 Å². The molecule has 1 aliphatic heterocycles. The van der Waals surface area contributed by atoms with Gasteiger partial charge in [-0.25, -0.2) is 4.99 Å². The van der Waals surface area contributed by atoms with E-state index >= 15 is 0 Å². The second-order valence-electron chi connectivity index (χ2n) is 6.80. The number of guanidine groups is 1. The molecule has 2 amide bonds. The Morgan fingerprint density at radius 1 is 1.10 bits per heavy atom. The molecular weight excluding hydrogens is 370 g/mol. The van der Waals surface area contributed by atoms with Gasteiger partial charge in [0.15, 0.2) is 11.7 Å². The third kappa shape index (κ3) is 5.60. The number of piperazine rings is 1. The summed E-state index contributed by atoms with van der Waals surface area (Å²) in [7, 11) is 0. The van der Waals surface area contributed by atoms with Crippen LogP contribution in [-0.2, 0) is 11.3 Å². The Labute approximate surface area is 170 Å². The van der Waals surface area contributed by atoms with E-state index in [9.17, 15) is 9.59 Å². The predicted octanol–water partition coefficient (Wildman–Crippen LogP) is 2.16. The van der Waals surface area contributed by atoms with Gasteiger partial charge in [-0.1, -0.05) is 12.1 Å². The molecule has 2 aromatic rings. The standard InChI is InChI=1S/C21H27N5O3/c1-3-22-21(26-11-9-25(10-12-26)16(2)27)23-15-17-6-4-7-18(14-17)24-20(28)19-8-5-13-29-19/h4-8,13-14H,3,9-12,15H2,1-2H3,(H,22,23)(H,24,28). The van der Waals surface area contributed by atoms with Crippen molar-refractivity contribution in [1.29, 1.82) is 0 Å². The largest absolute Gasteiger partial charge is 0.459 e. The first-order valence-corrected chi connectivity index (χ1v) is 9.79. The summed E-state index contributed by atoms with van der Waals surface area (Å²) in [5.41, 5.74) is 1.68. The molecule has 1 aliphatic rings. The molecule has 1 fully saturated rings. The number of aliphatic imine (C=N–C) groups is 1. The van der Waals surface area contributed by atoms with Crippen molar-refractivity contribution in [3.63, 3.8) is 0 Å². The van der Waals surface area contributed by atoms with Crippen LogP contribution in [0.15, 0.2) is 52.1 Å². The molecule has 8 nitrogen and oxygen atoms in total. The van der Waals surface area contributed by atoms with Crippen LogP contribution in [0, 0.1) is 0 Å².